The minimum absolute atomic E-state index is 0.148. The summed E-state index contributed by atoms with van der Waals surface area (Å²) in [4.78, 5) is 14.1. The molecule has 5 rings (SSSR count). The molecule has 5 nitrogen and oxygen atoms in total. The second-order valence-corrected chi connectivity index (χ2v) is 7.19. The molecule has 0 N–H and O–H groups in total. The number of ether oxygens (including phenoxy) is 3. The molecule has 0 aromatic heterocycles. The van der Waals surface area contributed by atoms with Gasteiger partial charge in [0.25, 0.3) is 0 Å². The minimum atomic E-state index is -0.148. The fraction of sp³-hybridized carbons (Fsp3) is 0.381. The average Bonchev–Trinajstić information content (AvgIpc) is 3.02. The normalized spacial score (nSPS) is 20.5. The fourth-order valence-corrected chi connectivity index (χ4v) is 4.62. The molecular weight excluding hydrogens is 330 g/mol. The van der Waals surface area contributed by atoms with E-state index in [0.717, 1.165) is 48.7 Å². The molecule has 0 saturated heterocycles. The van der Waals surface area contributed by atoms with Crippen LogP contribution in [0.3, 0.4) is 0 Å². The van der Waals surface area contributed by atoms with Crippen molar-refractivity contribution in [3.05, 3.63) is 52.1 Å². The van der Waals surface area contributed by atoms with E-state index < -0.39 is 0 Å². The molecule has 5 heteroatoms. The molecule has 2 aromatic carbocycles. The summed E-state index contributed by atoms with van der Waals surface area (Å²) >= 11 is 0. The molecule has 134 valence electrons. The predicted octanol–water partition coefficient (Wildman–Crippen LogP) is 2.82. The number of methoxy groups -OCH3 is 2. The highest BCUT2D eigenvalue weighted by Gasteiger charge is 2.35. The maximum Gasteiger partial charge on any atom is 0.315 e. The highest BCUT2D eigenvalue weighted by atomic mass is 16.5. The number of rotatable bonds is 2. The van der Waals surface area contributed by atoms with E-state index in [1.807, 2.05) is 6.07 Å². The first-order valence-corrected chi connectivity index (χ1v) is 9.01. The molecule has 0 aliphatic carbocycles. The number of carbonyl (C=O) groups is 1. The van der Waals surface area contributed by atoms with Crippen molar-refractivity contribution in [2.45, 2.75) is 31.8 Å². The molecule has 3 heterocycles. The van der Waals surface area contributed by atoms with Gasteiger partial charge in [-0.25, -0.2) is 0 Å². The largest absolute Gasteiger partial charge is 0.493 e. The molecule has 1 atom stereocenters. The first-order valence-electron chi connectivity index (χ1n) is 9.01. The topological polar surface area (TPSA) is 48.0 Å². The Kier molecular flexibility index (Phi) is 3.47. The maximum absolute atomic E-state index is 11.6. The van der Waals surface area contributed by atoms with E-state index in [4.69, 9.17) is 14.2 Å². The van der Waals surface area contributed by atoms with Crippen molar-refractivity contribution in [2.75, 3.05) is 20.8 Å². The van der Waals surface area contributed by atoms with Crippen LogP contribution in [0.25, 0.3) is 0 Å². The quantitative estimate of drug-likeness (QED) is 0.615. The Morgan fingerprint density at radius 1 is 1.12 bits per heavy atom. The zero-order valence-corrected chi connectivity index (χ0v) is 15.0. The van der Waals surface area contributed by atoms with Crippen LogP contribution in [0.15, 0.2) is 24.3 Å². The first kappa shape index (κ1) is 15.7. The van der Waals surface area contributed by atoms with Gasteiger partial charge in [-0.1, -0.05) is 12.1 Å². The molecule has 0 spiro atoms. The number of carbonyl (C=O) groups excluding carboxylic acids is 1. The number of hydrogen-bond donors (Lipinski definition) is 0. The Hall–Kier alpha value is -2.53. The molecular formula is C21H21NO4. The van der Waals surface area contributed by atoms with Gasteiger partial charge in [-0.3, -0.25) is 9.69 Å². The third kappa shape index (κ3) is 2.23. The van der Waals surface area contributed by atoms with E-state index in [1.54, 1.807) is 14.2 Å². The van der Waals surface area contributed by atoms with Gasteiger partial charge < -0.3 is 14.2 Å². The van der Waals surface area contributed by atoms with Crippen molar-refractivity contribution in [3.63, 3.8) is 0 Å². The van der Waals surface area contributed by atoms with Gasteiger partial charge in [0, 0.05) is 30.3 Å². The summed E-state index contributed by atoms with van der Waals surface area (Å²) in [5, 5.41) is 0. The molecule has 3 aliphatic rings. The number of nitrogens with zero attached hydrogens (tertiary/aromatic N) is 1. The molecule has 26 heavy (non-hydrogen) atoms. The van der Waals surface area contributed by atoms with E-state index in [-0.39, 0.29) is 5.97 Å². The van der Waals surface area contributed by atoms with Gasteiger partial charge in [0.2, 0.25) is 0 Å². The Bertz CT molecular complexity index is 921. The first-order chi connectivity index (χ1) is 12.7. The Labute approximate surface area is 152 Å². The van der Waals surface area contributed by atoms with Crippen molar-refractivity contribution in [2.24, 2.45) is 0 Å². The molecule has 0 saturated carbocycles. The summed E-state index contributed by atoms with van der Waals surface area (Å²) in [6.45, 7) is 1.85. The van der Waals surface area contributed by atoms with Crippen LogP contribution in [0.2, 0.25) is 0 Å². The van der Waals surface area contributed by atoms with Crippen molar-refractivity contribution in [1.82, 2.24) is 4.90 Å². The van der Waals surface area contributed by atoms with Crippen molar-refractivity contribution in [3.8, 4) is 17.2 Å². The van der Waals surface area contributed by atoms with E-state index >= 15 is 0 Å². The molecule has 0 amide bonds. The lowest BCUT2D eigenvalue weighted by molar-refractivity contribution is -0.131. The Morgan fingerprint density at radius 2 is 2.00 bits per heavy atom. The average molecular weight is 351 g/mol. The minimum Gasteiger partial charge on any atom is -0.493 e. The highest BCUT2D eigenvalue weighted by molar-refractivity contribution is 5.81. The van der Waals surface area contributed by atoms with E-state index in [2.05, 4.69) is 23.1 Å². The van der Waals surface area contributed by atoms with Crippen LogP contribution in [0.4, 0.5) is 0 Å². The lowest BCUT2D eigenvalue weighted by Crippen LogP contribution is -2.39. The predicted molar refractivity (Wildman–Crippen MR) is 95.9 cm³/mol. The number of fused-ring (bicyclic) bond motifs is 5. The summed E-state index contributed by atoms with van der Waals surface area (Å²) in [5.41, 5.74) is 6.20. The standard InChI is InChI=1S/C21H21NO4/c1-24-18-4-3-12-8-17-15-10-19-14(9-20(23)26-19)7-13(15)5-6-22(17)11-16(12)21(18)25-2/h3-4,7,10,17H,5-6,8-9,11H2,1-2H3. The van der Waals surface area contributed by atoms with E-state index in [1.165, 1.54) is 22.3 Å². The monoisotopic (exact) mass is 351 g/mol. The van der Waals surface area contributed by atoms with Gasteiger partial charge in [0.05, 0.1) is 20.6 Å². The van der Waals surface area contributed by atoms with Gasteiger partial charge in [0.1, 0.15) is 5.75 Å². The molecule has 0 bridgehead atoms. The lowest BCUT2D eigenvalue weighted by Gasteiger charge is -2.42. The second kappa shape index (κ2) is 5.74. The zero-order chi connectivity index (χ0) is 17.8. The summed E-state index contributed by atoms with van der Waals surface area (Å²) < 4.78 is 16.5. The van der Waals surface area contributed by atoms with Gasteiger partial charge in [0.15, 0.2) is 11.5 Å². The molecule has 3 aliphatic heterocycles. The van der Waals surface area contributed by atoms with Gasteiger partial charge in [-0.15, -0.1) is 0 Å². The molecule has 0 radical (unpaired) electrons. The third-order valence-electron chi connectivity index (χ3n) is 5.87. The van der Waals surface area contributed by atoms with E-state index in [9.17, 15) is 4.79 Å². The fourth-order valence-electron chi connectivity index (χ4n) is 4.62. The third-order valence-corrected chi connectivity index (χ3v) is 5.87. The van der Waals surface area contributed by atoms with E-state index in [0.29, 0.717) is 12.5 Å². The summed E-state index contributed by atoms with van der Waals surface area (Å²) in [5.74, 6) is 2.22. The second-order valence-electron chi connectivity index (χ2n) is 7.19. The van der Waals surface area contributed by atoms with Crippen LogP contribution >= 0.6 is 0 Å². The number of hydrogen-bond acceptors (Lipinski definition) is 5. The highest BCUT2D eigenvalue weighted by Crippen LogP contribution is 2.45. The molecule has 1 unspecified atom stereocenters. The lowest BCUT2D eigenvalue weighted by atomic mass is 9.83. The smallest absolute Gasteiger partial charge is 0.315 e. The van der Waals surface area contributed by atoms with Crippen LogP contribution < -0.4 is 14.2 Å². The van der Waals surface area contributed by atoms with Gasteiger partial charge in [-0.05, 0) is 41.7 Å². The van der Waals surface area contributed by atoms with Crippen LogP contribution in [-0.2, 0) is 30.6 Å². The zero-order valence-electron chi connectivity index (χ0n) is 15.0. The summed E-state index contributed by atoms with van der Waals surface area (Å²) in [6, 6.07) is 8.72. The summed E-state index contributed by atoms with van der Waals surface area (Å²) in [7, 11) is 3.38. The van der Waals surface area contributed by atoms with Crippen molar-refractivity contribution < 1.29 is 19.0 Å². The number of esters is 1. The Morgan fingerprint density at radius 3 is 2.81 bits per heavy atom. The number of benzene rings is 2. The van der Waals surface area contributed by atoms with Crippen LogP contribution in [-0.4, -0.2) is 31.6 Å². The molecule has 0 fully saturated rings. The van der Waals surface area contributed by atoms with Crippen molar-refractivity contribution >= 4 is 5.97 Å². The van der Waals surface area contributed by atoms with Gasteiger partial charge >= 0.3 is 5.97 Å². The van der Waals surface area contributed by atoms with Crippen LogP contribution in [0.1, 0.15) is 33.9 Å². The Balaban J connectivity index is 1.57. The summed E-state index contributed by atoms with van der Waals surface area (Å²) in [6.07, 6.45) is 2.32. The van der Waals surface area contributed by atoms with Crippen LogP contribution in [0.5, 0.6) is 17.2 Å². The maximum atomic E-state index is 11.6. The van der Waals surface area contributed by atoms with Gasteiger partial charge in [-0.2, -0.15) is 0 Å². The van der Waals surface area contributed by atoms with Crippen LogP contribution in [0, 0.1) is 0 Å². The molecule has 2 aromatic rings. The SMILES string of the molecule is COc1ccc2c(c1OC)CN1CCc3cc4c(cc3C1C2)OC(=O)C4. The van der Waals surface area contributed by atoms with Crippen molar-refractivity contribution in [1.29, 1.82) is 0 Å².